The summed E-state index contributed by atoms with van der Waals surface area (Å²) in [7, 11) is 0. The molecule has 0 saturated heterocycles. The Hall–Kier alpha value is -1.53. The van der Waals surface area contributed by atoms with Crippen molar-refractivity contribution in [3.05, 3.63) is 29.8 Å². The first-order chi connectivity index (χ1) is 7.59. The van der Waals surface area contributed by atoms with Crippen LogP contribution in [0.25, 0.3) is 0 Å². The molecule has 0 aromatic heterocycles. The molecule has 16 heavy (non-hydrogen) atoms. The summed E-state index contributed by atoms with van der Waals surface area (Å²) in [5, 5.41) is 12.3. The zero-order valence-electron chi connectivity index (χ0n) is 10.1. The minimum atomic E-state index is -0.675. The second-order valence-electron chi connectivity index (χ2n) is 4.07. The molecule has 0 bridgehead atoms. The highest BCUT2D eigenvalue weighted by atomic mass is 16.5. The lowest BCUT2D eigenvalue weighted by Gasteiger charge is -2.24. The minimum absolute atomic E-state index is 0.383. The van der Waals surface area contributed by atoms with Crippen LogP contribution in [0.3, 0.4) is 0 Å². The number of nitriles is 1. The molecule has 0 radical (unpaired) electrons. The van der Waals surface area contributed by atoms with Gasteiger partial charge in [0.15, 0.2) is 0 Å². The molecule has 1 atom stereocenters. The number of nitrogens with zero attached hydrogens (tertiary/aromatic N) is 1. The summed E-state index contributed by atoms with van der Waals surface area (Å²) in [6.07, 6.45) is 0. The zero-order valence-corrected chi connectivity index (χ0v) is 10.1. The van der Waals surface area contributed by atoms with Gasteiger partial charge in [0.2, 0.25) is 0 Å². The van der Waals surface area contributed by atoms with Crippen LogP contribution in [0.1, 0.15) is 19.4 Å². The molecule has 1 aromatic rings. The Morgan fingerprint density at radius 1 is 1.38 bits per heavy atom. The van der Waals surface area contributed by atoms with Crippen molar-refractivity contribution < 1.29 is 4.74 Å². The highest BCUT2D eigenvalue weighted by molar-refractivity contribution is 5.48. The number of hydrogen-bond donors (Lipinski definition) is 1. The van der Waals surface area contributed by atoms with Crippen molar-refractivity contribution in [3.8, 4) is 6.07 Å². The second kappa shape index (κ2) is 5.53. The number of benzene rings is 1. The summed E-state index contributed by atoms with van der Waals surface area (Å²) in [5.41, 5.74) is 1.47. The van der Waals surface area contributed by atoms with Crippen LogP contribution in [0.15, 0.2) is 24.3 Å². The summed E-state index contributed by atoms with van der Waals surface area (Å²) in [4.78, 5) is 0. The van der Waals surface area contributed by atoms with Crippen LogP contribution in [-0.2, 0) is 4.74 Å². The number of anilines is 1. The van der Waals surface area contributed by atoms with Gasteiger partial charge in [-0.25, -0.2) is 0 Å². The van der Waals surface area contributed by atoms with Crippen molar-refractivity contribution in [2.24, 2.45) is 0 Å². The van der Waals surface area contributed by atoms with Crippen molar-refractivity contribution in [1.82, 2.24) is 0 Å². The van der Waals surface area contributed by atoms with Gasteiger partial charge in [0.05, 0.1) is 12.7 Å². The van der Waals surface area contributed by atoms with Crippen LogP contribution in [-0.4, -0.2) is 18.8 Å². The van der Waals surface area contributed by atoms with Gasteiger partial charge in [0.25, 0.3) is 0 Å². The first-order valence-electron chi connectivity index (χ1n) is 5.43. The molecule has 1 aromatic carbocycles. The number of hydrogen-bond acceptors (Lipinski definition) is 3. The van der Waals surface area contributed by atoms with Crippen molar-refractivity contribution in [1.29, 1.82) is 5.26 Å². The first-order valence-corrected chi connectivity index (χ1v) is 5.43. The van der Waals surface area contributed by atoms with E-state index < -0.39 is 5.54 Å². The highest BCUT2D eigenvalue weighted by Gasteiger charge is 2.23. The maximum absolute atomic E-state index is 9.14. The number of nitrogens with one attached hydrogen (secondary N) is 1. The van der Waals surface area contributed by atoms with Crippen LogP contribution in [0.5, 0.6) is 0 Å². The topological polar surface area (TPSA) is 45.0 Å². The standard InChI is InChI=1S/C13H18N2O/c1-4-16-10-13(3,9-14)15-12-7-5-11(2)6-8-12/h5-8,15H,4,10H2,1-3H3. The number of aryl methyl sites for hydroxylation is 1. The summed E-state index contributed by atoms with van der Waals surface area (Å²) < 4.78 is 5.30. The Morgan fingerprint density at radius 3 is 2.50 bits per heavy atom. The molecule has 0 aliphatic carbocycles. The predicted octanol–water partition coefficient (Wildman–Crippen LogP) is 2.73. The molecule has 1 rings (SSSR count). The van der Waals surface area contributed by atoms with Crippen LogP contribution in [0.4, 0.5) is 5.69 Å². The predicted molar refractivity (Wildman–Crippen MR) is 65.3 cm³/mol. The quantitative estimate of drug-likeness (QED) is 0.826. The molecule has 0 aliphatic heterocycles. The molecule has 0 aliphatic rings. The summed E-state index contributed by atoms with van der Waals surface area (Å²) in [6, 6.07) is 10.2. The van der Waals surface area contributed by atoms with Crippen molar-refractivity contribution in [3.63, 3.8) is 0 Å². The van der Waals surface area contributed by atoms with Crippen LogP contribution in [0, 0.1) is 18.3 Å². The van der Waals surface area contributed by atoms with Gasteiger partial charge in [-0.3, -0.25) is 0 Å². The Kier molecular flexibility index (Phi) is 4.33. The van der Waals surface area contributed by atoms with E-state index >= 15 is 0 Å². The van der Waals surface area contributed by atoms with Gasteiger partial charge in [-0.05, 0) is 32.9 Å². The van der Waals surface area contributed by atoms with Gasteiger partial charge in [-0.1, -0.05) is 17.7 Å². The van der Waals surface area contributed by atoms with Gasteiger partial charge in [0, 0.05) is 12.3 Å². The number of rotatable bonds is 5. The van der Waals surface area contributed by atoms with Gasteiger partial charge in [-0.2, -0.15) is 5.26 Å². The molecule has 3 nitrogen and oxygen atoms in total. The third-order valence-corrected chi connectivity index (χ3v) is 2.31. The largest absolute Gasteiger partial charge is 0.378 e. The molecule has 1 N–H and O–H groups in total. The normalized spacial score (nSPS) is 13.9. The molecule has 0 saturated carbocycles. The van der Waals surface area contributed by atoms with E-state index in [-0.39, 0.29) is 0 Å². The molecular weight excluding hydrogens is 200 g/mol. The van der Waals surface area contributed by atoms with Gasteiger partial charge in [-0.15, -0.1) is 0 Å². The molecule has 0 amide bonds. The molecule has 3 heteroatoms. The molecule has 0 heterocycles. The van der Waals surface area contributed by atoms with Crippen molar-refractivity contribution in [2.45, 2.75) is 26.3 Å². The maximum atomic E-state index is 9.14. The Labute approximate surface area is 97.0 Å². The van der Waals surface area contributed by atoms with E-state index in [4.69, 9.17) is 10.00 Å². The van der Waals surface area contributed by atoms with Crippen molar-refractivity contribution >= 4 is 5.69 Å². The summed E-state index contributed by atoms with van der Waals surface area (Å²) in [6.45, 7) is 6.79. The Bertz CT molecular complexity index is 367. The average molecular weight is 218 g/mol. The van der Waals surface area contributed by atoms with Crippen LogP contribution in [0.2, 0.25) is 0 Å². The van der Waals surface area contributed by atoms with Crippen LogP contribution < -0.4 is 5.32 Å². The fourth-order valence-electron chi connectivity index (χ4n) is 1.36. The third-order valence-electron chi connectivity index (χ3n) is 2.31. The molecule has 0 fully saturated rings. The van der Waals surface area contributed by atoms with E-state index in [1.807, 2.05) is 45.0 Å². The smallest absolute Gasteiger partial charge is 0.146 e. The fourth-order valence-corrected chi connectivity index (χ4v) is 1.36. The van der Waals surface area contributed by atoms with Crippen LogP contribution >= 0.6 is 0 Å². The van der Waals surface area contributed by atoms with Gasteiger partial charge < -0.3 is 10.1 Å². The van der Waals surface area contributed by atoms with E-state index in [2.05, 4.69) is 11.4 Å². The second-order valence-corrected chi connectivity index (χ2v) is 4.07. The van der Waals surface area contributed by atoms with Crippen molar-refractivity contribution in [2.75, 3.05) is 18.5 Å². The lowest BCUT2D eigenvalue weighted by Crippen LogP contribution is -2.38. The average Bonchev–Trinajstić information content (AvgIpc) is 2.30. The van der Waals surface area contributed by atoms with E-state index in [9.17, 15) is 0 Å². The Balaban J connectivity index is 2.69. The van der Waals surface area contributed by atoms with E-state index in [0.717, 1.165) is 5.69 Å². The van der Waals surface area contributed by atoms with Gasteiger partial charge in [0.1, 0.15) is 5.54 Å². The fraction of sp³-hybridized carbons (Fsp3) is 0.462. The molecule has 1 unspecified atom stereocenters. The highest BCUT2D eigenvalue weighted by Crippen LogP contribution is 2.16. The minimum Gasteiger partial charge on any atom is -0.378 e. The maximum Gasteiger partial charge on any atom is 0.146 e. The SMILES string of the molecule is CCOCC(C)(C#N)Nc1ccc(C)cc1. The van der Waals surface area contributed by atoms with Gasteiger partial charge >= 0.3 is 0 Å². The van der Waals surface area contributed by atoms with E-state index in [1.54, 1.807) is 0 Å². The van der Waals surface area contributed by atoms with E-state index in [0.29, 0.717) is 13.2 Å². The number of ether oxygens (including phenoxy) is 1. The first kappa shape index (κ1) is 12.5. The molecule has 86 valence electrons. The third kappa shape index (κ3) is 3.56. The lowest BCUT2D eigenvalue weighted by atomic mass is 10.1. The zero-order chi connectivity index (χ0) is 12.0. The summed E-state index contributed by atoms with van der Waals surface area (Å²) in [5.74, 6) is 0. The lowest BCUT2D eigenvalue weighted by molar-refractivity contribution is 0.125. The monoisotopic (exact) mass is 218 g/mol. The molecule has 0 spiro atoms. The summed E-state index contributed by atoms with van der Waals surface area (Å²) >= 11 is 0. The molecular formula is C13H18N2O. The van der Waals surface area contributed by atoms with E-state index in [1.165, 1.54) is 5.56 Å². The Morgan fingerprint density at radius 2 is 2.00 bits per heavy atom.